The van der Waals surface area contributed by atoms with Gasteiger partial charge in [0.15, 0.2) is 23.3 Å². The van der Waals surface area contributed by atoms with Gasteiger partial charge in [-0.05, 0) is 26.0 Å². The van der Waals surface area contributed by atoms with Gasteiger partial charge in [0.2, 0.25) is 0 Å². The van der Waals surface area contributed by atoms with Gasteiger partial charge >= 0.3 is 0 Å². The van der Waals surface area contributed by atoms with Crippen LogP contribution in [0.1, 0.15) is 16.7 Å². The van der Waals surface area contributed by atoms with Gasteiger partial charge in [-0.25, -0.2) is 19.6 Å². The molecule has 108 valence electrons. The molecule has 4 nitrogen and oxygen atoms in total. The van der Waals surface area contributed by atoms with Crippen molar-refractivity contribution in [2.24, 2.45) is 5.84 Å². The Labute approximate surface area is 120 Å². The smallest absolute Gasteiger partial charge is 0.178 e. The van der Waals surface area contributed by atoms with Gasteiger partial charge in [-0.15, -0.1) is 11.3 Å². The molecule has 20 heavy (non-hydrogen) atoms. The Morgan fingerprint density at radius 1 is 1.30 bits per heavy atom. The third-order valence-electron chi connectivity index (χ3n) is 2.75. The molecule has 4 N–H and O–H groups in total. The van der Waals surface area contributed by atoms with E-state index in [1.165, 1.54) is 9.75 Å². The number of rotatable bonds is 5. The van der Waals surface area contributed by atoms with E-state index >= 15 is 0 Å². The molecular weight excluding hydrogens is 282 g/mol. The van der Waals surface area contributed by atoms with Crippen LogP contribution in [0.5, 0.6) is 0 Å². The summed E-state index contributed by atoms with van der Waals surface area (Å²) in [6.07, 6.45) is 0.738. The topological polar surface area (TPSA) is 63.0 Å². The second-order valence-electron chi connectivity index (χ2n) is 4.56. The maximum atomic E-state index is 13.6. The first-order valence-corrected chi connectivity index (χ1v) is 6.95. The van der Waals surface area contributed by atoms with Crippen molar-refractivity contribution in [3.63, 3.8) is 0 Å². The monoisotopic (exact) mass is 298 g/mol. The van der Waals surface area contributed by atoms with E-state index in [1.54, 1.807) is 11.3 Å². The summed E-state index contributed by atoms with van der Waals surface area (Å²) in [4.78, 5) is 6.21. The SMILES string of the molecule is Cc1ccc(CC(C)Nc2nc(NN)c(F)cc2F)s1. The van der Waals surface area contributed by atoms with Gasteiger partial charge in [0.1, 0.15) is 0 Å². The van der Waals surface area contributed by atoms with E-state index in [4.69, 9.17) is 5.84 Å². The lowest BCUT2D eigenvalue weighted by Crippen LogP contribution is -2.20. The lowest BCUT2D eigenvalue weighted by molar-refractivity contribution is 0.576. The van der Waals surface area contributed by atoms with Crippen LogP contribution < -0.4 is 16.6 Å². The van der Waals surface area contributed by atoms with Crippen LogP contribution in [-0.2, 0) is 6.42 Å². The van der Waals surface area contributed by atoms with Crippen molar-refractivity contribution in [3.8, 4) is 0 Å². The predicted octanol–water partition coefficient (Wildman–Crippen LogP) is 3.06. The molecular formula is C13H16F2N4S. The summed E-state index contributed by atoms with van der Waals surface area (Å²) in [6, 6.07) is 4.80. The molecule has 0 bridgehead atoms. The number of nitrogens with zero attached hydrogens (tertiary/aromatic N) is 1. The number of hydrogen-bond acceptors (Lipinski definition) is 5. The molecule has 1 unspecified atom stereocenters. The molecule has 0 aliphatic carbocycles. The van der Waals surface area contributed by atoms with Crippen LogP contribution in [-0.4, -0.2) is 11.0 Å². The summed E-state index contributed by atoms with van der Waals surface area (Å²) in [6.45, 7) is 3.95. The number of hydrazine groups is 1. The van der Waals surface area contributed by atoms with Crippen LogP contribution in [0.4, 0.5) is 20.4 Å². The average Bonchev–Trinajstić information content (AvgIpc) is 2.78. The molecule has 0 aliphatic heterocycles. The van der Waals surface area contributed by atoms with Crippen LogP contribution >= 0.6 is 11.3 Å². The maximum absolute atomic E-state index is 13.6. The van der Waals surface area contributed by atoms with Gasteiger partial charge in [-0.1, -0.05) is 0 Å². The summed E-state index contributed by atoms with van der Waals surface area (Å²) in [7, 11) is 0. The van der Waals surface area contributed by atoms with Crippen molar-refractivity contribution in [2.75, 3.05) is 10.7 Å². The highest BCUT2D eigenvalue weighted by Crippen LogP contribution is 2.21. The highest BCUT2D eigenvalue weighted by Gasteiger charge is 2.14. The molecule has 1 atom stereocenters. The van der Waals surface area contributed by atoms with E-state index in [9.17, 15) is 8.78 Å². The number of nitrogens with one attached hydrogen (secondary N) is 2. The summed E-state index contributed by atoms with van der Waals surface area (Å²) in [5.41, 5.74) is 2.10. The second-order valence-corrected chi connectivity index (χ2v) is 5.93. The molecule has 2 aromatic rings. The zero-order valence-corrected chi connectivity index (χ0v) is 12.0. The number of anilines is 2. The summed E-state index contributed by atoms with van der Waals surface area (Å²) >= 11 is 1.69. The number of nitrogens with two attached hydrogens (primary N) is 1. The van der Waals surface area contributed by atoms with E-state index in [-0.39, 0.29) is 17.7 Å². The van der Waals surface area contributed by atoms with E-state index in [0.29, 0.717) is 0 Å². The van der Waals surface area contributed by atoms with Gasteiger partial charge in [-0.3, -0.25) is 0 Å². The first kappa shape index (κ1) is 14.7. The van der Waals surface area contributed by atoms with Gasteiger partial charge < -0.3 is 10.7 Å². The summed E-state index contributed by atoms with van der Waals surface area (Å²) in [5, 5.41) is 2.93. The third-order valence-corrected chi connectivity index (χ3v) is 3.78. The van der Waals surface area contributed by atoms with Crippen molar-refractivity contribution in [1.82, 2.24) is 4.98 Å². The van der Waals surface area contributed by atoms with Gasteiger partial charge in [0.25, 0.3) is 0 Å². The van der Waals surface area contributed by atoms with Crippen LogP contribution in [0.25, 0.3) is 0 Å². The van der Waals surface area contributed by atoms with Crippen molar-refractivity contribution in [2.45, 2.75) is 26.3 Å². The van der Waals surface area contributed by atoms with Crippen molar-refractivity contribution in [3.05, 3.63) is 39.6 Å². The highest BCUT2D eigenvalue weighted by atomic mass is 32.1. The summed E-state index contributed by atoms with van der Waals surface area (Å²) < 4.78 is 26.9. The number of thiophene rings is 1. The number of pyridine rings is 1. The fraction of sp³-hybridized carbons (Fsp3) is 0.308. The molecule has 0 saturated heterocycles. The first-order chi connectivity index (χ1) is 9.49. The summed E-state index contributed by atoms with van der Waals surface area (Å²) in [5.74, 6) is 3.36. The number of hydrogen-bond donors (Lipinski definition) is 3. The van der Waals surface area contributed by atoms with Crippen LogP contribution in [0.2, 0.25) is 0 Å². The number of halogens is 2. The lowest BCUT2D eigenvalue weighted by atomic mass is 10.2. The Kier molecular flexibility index (Phi) is 4.51. The van der Waals surface area contributed by atoms with E-state index in [1.807, 2.05) is 26.0 Å². The molecule has 7 heteroatoms. The molecule has 0 aromatic carbocycles. The third kappa shape index (κ3) is 3.43. The van der Waals surface area contributed by atoms with Crippen LogP contribution in [0.15, 0.2) is 18.2 Å². The van der Waals surface area contributed by atoms with Crippen molar-refractivity contribution in [1.29, 1.82) is 0 Å². The Hall–Kier alpha value is -1.73. The first-order valence-electron chi connectivity index (χ1n) is 6.14. The number of nitrogen functional groups attached to an aromatic ring is 1. The van der Waals surface area contributed by atoms with Gasteiger partial charge in [-0.2, -0.15) is 0 Å². The highest BCUT2D eigenvalue weighted by molar-refractivity contribution is 7.11. The molecule has 2 aromatic heterocycles. The minimum Gasteiger partial charge on any atom is -0.365 e. The lowest BCUT2D eigenvalue weighted by Gasteiger charge is -2.15. The fourth-order valence-electron chi connectivity index (χ4n) is 1.85. The fourth-order valence-corrected chi connectivity index (χ4v) is 2.87. The molecule has 0 aliphatic rings. The zero-order valence-electron chi connectivity index (χ0n) is 11.2. The van der Waals surface area contributed by atoms with Crippen molar-refractivity contribution >= 4 is 23.0 Å². The molecule has 0 fully saturated rings. The standard InChI is InChI=1S/C13H16F2N4S/c1-7(5-9-4-3-8(2)20-9)17-12-10(14)6-11(15)13(18-12)19-16/h3-4,6-7H,5,16H2,1-2H3,(H2,17,18,19). The molecule has 0 spiro atoms. The molecule has 0 saturated carbocycles. The van der Waals surface area contributed by atoms with Gasteiger partial charge in [0.05, 0.1) is 0 Å². The normalized spacial score (nSPS) is 12.2. The van der Waals surface area contributed by atoms with E-state index < -0.39 is 11.6 Å². The quantitative estimate of drug-likeness (QED) is 0.586. The average molecular weight is 298 g/mol. The Morgan fingerprint density at radius 3 is 2.60 bits per heavy atom. The molecule has 0 radical (unpaired) electrons. The molecule has 2 rings (SSSR count). The molecule has 2 heterocycles. The van der Waals surface area contributed by atoms with E-state index in [0.717, 1.165) is 12.5 Å². The molecule has 0 amide bonds. The van der Waals surface area contributed by atoms with Crippen LogP contribution in [0.3, 0.4) is 0 Å². The minimum absolute atomic E-state index is 0.0138. The Bertz CT molecular complexity index is 600. The van der Waals surface area contributed by atoms with Gasteiger partial charge in [0, 0.05) is 28.3 Å². The van der Waals surface area contributed by atoms with Crippen LogP contribution in [0, 0.1) is 18.6 Å². The number of aromatic nitrogens is 1. The van der Waals surface area contributed by atoms with Crippen molar-refractivity contribution < 1.29 is 8.78 Å². The minimum atomic E-state index is -0.822. The predicted molar refractivity (Wildman–Crippen MR) is 77.8 cm³/mol. The number of aryl methyl sites for hydroxylation is 1. The Morgan fingerprint density at radius 2 is 2.00 bits per heavy atom. The largest absolute Gasteiger partial charge is 0.365 e. The zero-order chi connectivity index (χ0) is 14.7. The second kappa shape index (κ2) is 6.15. The Balaban J connectivity index is 2.09. The van der Waals surface area contributed by atoms with E-state index in [2.05, 4.69) is 15.7 Å². The maximum Gasteiger partial charge on any atom is 0.178 e.